The quantitative estimate of drug-likeness (QED) is 0.625. The third-order valence-electron chi connectivity index (χ3n) is 3.16. The molecule has 0 fully saturated rings. The number of nitrogens with one attached hydrogen (secondary N) is 1. The highest BCUT2D eigenvalue weighted by atomic mass is 15.3. The number of imidazole rings is 2. The number of anilines is 2. The average molecular weight is 276 g/mol. The number of para-hydroxylation sites is 1. The molecule has 6 heteroatoms. The number of rotatable bonds is 3. The molecule has 3 aromatic heterocycles. The van der Waals surface area contributed by atoms with E-state index >= 15 is 0 Å². The lowest BCUT2D eigenvalue weighted by Crippen LogP contribution is -2.03. The van der Waals surface area contributed by atoms with Gasteiger partial charge in [-0.25, -0.2) is 9.97 Å². The molecule has 0 aliphatic carbocycles. The van der Waals surface area contributed by atoms with Gasteiger partial charge in [0.25, 0.3) is 0 Å². The largest absolute Gasteiger partial charge is 0.339 e. The van der Waals surface area contributed by atoms with Crippen LogP contribution in [0.25, 0.3) is 11.5 Å². The topological polar surface area (TPSA) is 60.0 Å². The van der Waals surface area contributed by atoms with Crippen LogP contribution in [0.4, 0.5) is 11.5 Å². The second-order valence-corrected chi connectivity index (χ2v) is 4.57. The van der Waals surface area contributed by atoms with Gasteiger partial charge in [0.1, 0.15) is 6.33 Å². The van der Waals surface area contributed by atoms with E-state index in [-0.39, 0.29) is 0 Å². The molecule has 21 heavy (non-hydrogen) atoms. The van der Waals surface area contributed by atoms with Crippen LogP contribution in [0.15, 0.2) is 67.4 Å². The first kappa shape index (κ1) is 11.7. The minimum Gasteiger partial charge on any atom is -0.339 e. The van der Waals surface area contributed by atoms with E-state index in [1.165, 1.54) is 0 Å². The Labute approximate surface area is 120 Å². The summed E-state index contributed by atoms with van der Waals surface area (Å²) in [6.45, 7) is 0. The second-order valence-electron chi connectivity index (χ2n) is 4.57. The van der Waals surface area contributed by atoms with Gasteiger partial charge in [-0.3, -0.25) is 4.57 Å². The van der Waals surface area contributed by atoms with Crippen LogP contribution in [-0.4, -0.2) is 24.1 Å². The Bertz CT molecular complexity index is 864. The normalized spacial score (nSPS) is 10.9. The monoisotopic (exact) mass is 276 g/mol. The van der Waals surface area contributed by atoms with Gasteiger partial charge in [-0.1, -0.05) is 18.2 Å². The molecular weight excluding hydrogens is 264 g/mol. The Kier molecular flexibility index (Phi) is 2.64. The maximum absolute atomic E-state index is 4.59. The van der Waals surface area contributed by atoms with Crippen LogP contribution in [0, 0.1) is 0 Å². The summed E-state index contributed by atoms with van der Waals surface area (Å²) in [5.41, 5.74) is 1.78. The van der Waals surface area contributed by atoms with E-state index in [1.54, 1.807) is 23.2 Å². The second kappa shape index (κ2) is 4.75. The first-order chi connectivity index (χ1) is 10.4. The van der Waals surface area contributed by atoms with Crippen molar-refractivity contribution in [3.8, 4) is 5.82 Å². The summed E-state index contributed by atoms with van der Waals surface area (Å²) in [6.07, 6.45) is 7.07. The van der Waals surface area contributed by atoms with E-state index in [0.29, 0.717) is 0 Å². The van der Waals surface area contributed by atoms with Crippen molar-refractivity contribution in [2.45, 2.75) is 0 Å². The maximum atomic E-state index is 4.59. The first-order valence-corrected chi connectivity index (χ1v) is 6.55. The Balaban J connectivity index is 1.78. The van der Waals surface area contributed by atoms with E-state index in [1.807, 2.05) is 53.2 Å². The molecule has 1 aromatic carbocycles. The molecule has 0 unspecified atom stereocenters. The standard InChI is InChI=1S/C15H12N6/c1-2-4-12(5-3-1)18-15-10-17-13-6-7-14(19-21(13)15)20-9-8-16-11-20/h1-11,18H. The van der Waals surface area contributed by atoms with E-state index < -0.39 is 0 Å². The van der Waals surface area contributed by atoms with Gasteiger partial charge in [0.05, 0.1) is 6.20 Å². The Morgan fingerprint density at radius 1 is 1.00 bits per heavy atom. The van der Waals surface area contributed by atoms with Gasteiger partial charge in [-0.05, 0) is 24.3 Å². The van der Waals surface area contributed by atoms with Crippen LogP contribution in [0.2, 0.25) is 0 Å². The maximum Gasteiger partial charge on any atom is 0.159 e. The molecule has 4 aromatic rings. The smallest absolute Gasteiger partial charge is 0.159 e. The molecule has 0 spiro atoms. The fourth-order valence-corrected chi connectivity index (χ4v) is 2.15. The van der Waals surface area contributed by atoms with Gasteiger partial charge in [0.2, 0.25) is 0 Å². The molecule has 0 atom stereocenters. The summed E-state index contributed by atoms with van der Waals surface area (Å²) >= 11 is 0. The molecule has 4 rings (SSSR count). The fraction of sp³-hybridized carbons (Fsp3) is 0. The van der Waals surface area contributed by atoms with Crippen LogP contribution < -0.4 is 5.32 Å². The number of benzene rings is 1. The molecule has 0 radical (unpaired) electrons. The predicted octanol–water partition coefficient (Wildman–Crippen LogP) is 2.66. The Morgan fingerprint density at radius 3 is 2.71 bits per heavy atom. The summed E-state index contributed by atoms with van der Waals surface area (Å²) in [5.74, 6) is 1.60. The molecule has 0 aliphatic heterocycles. The van der Waals surface area contributed by atoms with Crippen molar-refractivity contribution < 1.29 is 0 Å². The third-order valence-corrected chi connectivity index (χ3v) is 3.16. The summed E-state index contributed by atoms with van der Waals surface area (Å²) < 4.78 is 3.63. The van der Waals surface area contributed by atoms with Crippen LogP contribution >= 0.6 is 0 Å². The van der Waals surface area contributed by atoms with E-state index in [9.17, 15) is 0 Å². The van der Waals surface area contributed by atoms with Gasteiger partial charge >= 0.3 is 0 Å². The molecule has 0 bridgehead atoms. The fourth-order valence-electron chi connectivity index (χ4n) is 2.15. The highest BCUT2D eigenvalue weighted by Crippen LogP contribution is 2.17. The predicted molar refractivity (Wildman–Crippen MR) is 79.8 cm³/mol. The zero-order valence-corrected chi connectivity index (χ0v) is 11.1. The Morgan fingerprint density at radius 2 is 1.90 bits per heavy atom. The summed E-state index contributed by atoms with van der Waals surface area (Å²) in [6, 6.07) is 13.8. The van der Waals surface area contributed by atoms with Crippen LogP contribution in [0.3, 0.4) is 0 Å². The molecule has 1 N–H and O–H groups in total. The van der Waals surface area contributed by atoms with E-state index in [0.717, 1.165) is 23.0 Å². The highest BCUT2D eigenvalue weighted by Gasteiger charge is 2.06. The summed E-state index contributed by atoms with van der Waals surface area (Å²) in [5, 5.41) is 7.90. The molecule has 0 amide bonds. The lowest BCUT2D eigenvalue weighted by Gasteiger charge is -2.06. The molecule has 0 saturated carbocycles. The zero-order valence-electron chi connectivity index (χ0n) is 11.1. The van der Waals surface area contributed by atoms with Gasteiger partial charge in [-0.15, -0.1) is 5.10 Å². The molecular formula is C15H12N6. The van der Waals surface area contributed by atoms with Gasteiger partial charge in [0.15, 0.2) is 17.3 Å². The van der Waals surface area contributed by atoms with Crippen LogP contribution in [0.1, 0.15) is 0 Å². The number of hydrogen-bond donors (Lipinski definition) is 1. The van der Waals surface area contributed by atoms with Crippen molar-refractivity contribution in [2.75, 3.05) is 5.32 Å². The minimum absolute atomic E-state index is 0.786. The van der Waals surface area contributed by atoms with Crippen molar-refractivity contribution >= 4 is 17.2 Å². The van der Waals surface area contributed by atoms with E-state index in [2.05, 4.69) is 20.4 Å². The molecule has 6 nitrogen and oxygen atoms in total. The lowest BCUT2D eigenvalue weighted by molar-refractivity contribution is 0.868. The van der Waals surface area contributed by atoms with Crippen LogP contribution in [-0.2, 0) is 0 Å². The van der Waals surface area contributed by atoms with Crippen molar-refractivity contribution in [1.82, 2.24) is 24.1 Å². The van der Waals surface area contributed by atoms with E-state index in [4.69, 9.17) is 0 Å². The Hall–Kier alpha value is -3.15. The molecule has 0 saturated heterocycles. The highest BCUT2D eigenvalue weighted by molar-refractivity contribution is 5.59. The minimum atomic E-state index is 0.786. The number of fused-ring (bicyclic) bond motifs is 1. The van der Waals surface area contributed by atoms with Crippen molar-refractivity contribution in [2.24, 2.45) is 0 Å². The molecule has 0 aliphatic rings. The number of hydrogen-bond acceptors (Lipinski definition) is 4. The average Bonchev–Trinajstić information content (AvgIpc) is 3.18. The third kappa shape index (κ3) is 2.12. The SMILES string of the molecule is c1ccc(Nc2cnc3ccc(-n4ccnc4)nn23)cc1. The van der Waals surface area contributed by atoms with Gasteiger partial charge < -0.3 is 5.32 Å². The van der Waals surface area contributed by atoms with Crippen molar-refractivity contribution in [3.63, 3.8) is 0 Å². The number of aromatic nitrogens is 5. The summed E-state index contributed by atoms with van der Waals surface area (Å²) in [7, 11) is 0. The van der Waals surface area contributed by atoms with Gasteiger partial charge in [-0.2, -0.15) is 4.52 Å². The van der Waals surface area contributed by atoms with Crippen molar-refractivity contribution in [1.29, 1.82) is 0 Å². The lowest BCUT2D eigenvalue weighted by atomic mass is 10.3. The van der Waals surface area contributed by atoms with Crippen molar-refractivity contribution in [3.05, 3.63) is 67.4 Å². The molecule has 3 heterocycles. The zero-order chi connectivity index (χ0) is 14.1. The first-order valence-electron chi connectivity index (χ1n) is 6.55. The van der Waals surface area contributed by atoms with Gasteiger partial charge in [0, 0.05) is 18.1 Å². The summed E-state index contributed by atoms with van der Waals surface area (Å²) in [4.78, 5) is 8.39. The van der Waals surface area contributed by atoms with Crippen LogP contribution in [0.5, 0.6) is 0 Å². The molecule has 102 valence electrons. The number of nitrogens with zero attached hydrogens (tertiary/aromatic N) is 5.